The summed E-state index contributed by atoms with van der Waals surface area (Å²) in [4.78, 5) is 17.0. The van der Waals surface area contributed by atoms with Gasteiger partial charge < -0.3 is 9.73 Å². The van der Waals surface area contributed by atoms with Gasteiger partial charge in [0.25, 0.3) is 5.91 Å². The second-order valence-electron chi connectivity index (χ2n) is 8.92. The molecular formula is C26H30N2O2S. The summed E-state index contributed by atoms with van der Waals surface area (Å²) in [7, 11) is 0. The molecule has 0 radical (unpaired) electrons. The molecule has 2 aromatic heterocycles. The second kappa shape index (κ2) is 9.01. The van der Waals surface area contributed by atoms with E-state index in [4.69, 9.17) is 4.42 Å². The Kier molecular flexibility index (Phi) is 5.97. The maximum absolute atomic E-state index is 12.9. The molecular weight excluding hydrogens is 404 g/mol. The Labute approximate surface area is 188 Å². The van der Waals surface area contributed by atoms with Crippen molar-refractivity contribution in [2.45, 2.75) is 51.5 Å². The minimum Gasteiger partial charge on any atom is -0.459 e. The van der Waals surface area contributed by atoms with E-state index in [-0.39, 0.29) is 11.9 Å². The first kappa shape index (κ1) is 20.5. The zero-order valence-electron chi connectivity index (χ0n) is 18.1. The molecule has 1 fully saturated rings. The summed E-state index contributed by atoms with van der Waals surface area (Å²) in [5, 5.41) is 4.23. The molecule has 1 aliphatic carbocycles. The van der Waals surface area contributed by atoms with Crippen molar-refractivity contribution in [3.05, 3.63) is 76.1 Å². The quantitative estimate of drug-likeness (QED) is 0.513. The minimum atomic E-state index is -0.163. The molecule has 4 nitrogen and oxygen atoms in total. The molecule has 3 heterocycles. The standard InChI is InChI=1S/C26H30N2O2S/c1-18-13-15-28(16-14-18)24(19-8-3-2-4-9-19)23-20-10-5-6-12-22(20)31-26(23)27-25(29)21-11-7-17-30-21/h2-4,7-9,11,17-18,24H,5-6,10,12-16H2,1H3,(H,27,29). The molecule has 1 saturated heterocycles. The topological polar surface area (TPSA) is 45.5 Å². The van der Waals surface area contributed by atoms with Gasteiger partial charge in [-0.2, -0.15) is 0 Å². The smallest absolute Gasteiger partial charge is 0.291 e. The number of furan rings is 1. The molecule has 1 atom stereocenters. The third-order valence-electron chi connectivity index (χ3n) is 6.76. The Morgan fingerprint density at radius 1 is 1.10 bits per heavy atom. The van der Waals surface area contributed by atoms with Crippen molar-refractivity contribution in [2.24, 2.45) is 5.92 Å². The molecule has 162 valence electrons. The summed E-state index contributed by atoms with van der Waals surface area (Å²) in [5.41, 5.74) is 4.11. The number of thiophene rings is 1. The van der Waals surface area contributed by atoms with Crippen molar-refractivity contribution < 1.29 is 9.21 Å². The number of anilines is 1. The number of likely N-dealkylation sites (tertiary alicyclic amines) is 1. The number of hydrogen-bond donors (Lipinski definition) is 1. The average molecular weight is 435 g/mol. The zero-order valence-corrected chi connectivity index (χ0v) is 18.9. The molecule has 2 aliphatic rings. The van der Waals surface area contributed by atoms with E-state index in [1.165, 1.54) is 47.3 Å². The first-order valence-electron chi connectivity index (χ1n) is 11.5. The van der Waals surface area contributed by atoms with Crippen molar-refractivity contribution in [3.63, 3.8) is 0 Å². The highest BCUT2D eigenvalue weighted by Gasteiger charge is 2.33. The summed E-state index contributed by atoms with van der Waals surface area (Å²) in [5.74, 6) is 0.978. The first-order valence-corrected chi connectivity index (χ1v) is 12.3. The Balaban J connectivity index is 1.59. The van der Waals surface area contributed by atoms with E-state index in [0.29, 0.717) is 5.76 Å². The minimum absolute atomic E-state index is 0.163. The van der Waals surface area contributed by atoms with Crippen molar-refractivity contribution in [3.8, 4) is 0 Å². The summed E-state index contributed by atoms with van der Waals surface area (Å²) in [6.07, 6.45) is 8.68. The van der Waals surface area contributed by atoms with E-state index >= 15 is 0 Å². The number of piperidine rings is 1. The van der Waals surface area contributed by atoms with Crippen LogP contribution in [0.2, 0.25) is 0 Å². The fourth-order valence-electron chi connectivity index (χ4n) is 5.03. The second-order valence-corrected chi connectivity index (χ2v) is 10.0. The van der Waals surface area contributed by atoms with Gasteiger partial charge in [0, 0.05) is 10.4 Å². The number of hydrogen-bond acceptors (Lipinski definition) is 4. The lowest BCUT2D eigenvalue weighted by Crippen LogP contribution is -2.37. The molecule has 0 bridgehead atoms. The summed E-state index contributed by atoms with van der Waals surface area (Å²) >= 11 is 1.77. The Hall–Kier alpha value is -2.37. The normalized spacial score (nSPS) is 18.5. The van der Waals surface area contributed by atoms with Crippen molar-refractivity contribution >= 4 is 22.2 Å². The van der Waals surface area contributed by atoms with Crippen LogP contribution in [0.25, 0.3) is 0 Å². The van der Waals surface area contributed by atoms with E-state index in [2.05, 4.69) is 47.5 Å². The molecule has 1 aliphatic heterocycles. The number of aryl methyl sites for hydroxylation is 1. The predicted molar refractivity (Wildman–Crippen MR) is 126 cm³/mol. The average Bonchev–Trinajstić information content (AvgIpc) is 3.45. The van der Waals surface area contributed by atoms with E-state index in [0.717, 1.165) is 36.9 Å². The van der Waals surface area contributed by atoms with Crippen LogP contribution in [0.3, 0.4) is 0 Å². The number of nitrogens with zero attached hydrogens (tertiary/aromatic N) is 1. The number of nitrogens with one attached hydrogen (secondary N) is 1. The number of carbonyl (C=O) groups excluding carboxylic acids is 1. The number of carbonyl (C=O) groups is 1. The van der Waals surface area contributed by atoms with Gasteiger partial charge in [-0.3, -0.25) is 9.69 Å². The van der Waals surface area contributed by atoms with Gasteiger partial charge in [-0.05, 0) is 80.8 Å². The molecule has 1 unspecified atom stereocenters. The Bertz CT molecular complexity index is 1020. The zero-order chi connectivity index (χ0) is 21.2. The molecule has 0 spiro atoms. The van der Waals surface area contributed by atoms with Crippen LogP contribution in [-0.2, 0) is 12.8 Å². The van der Waals surface area contributed by atoms with Gasteiger partial charge in [-0.15, -0.1) is 11.3 Å². The van der Waals surface area contributed by atoms with Crippen LogP contribution in [-0.4, -0.2) is 23.9 Å². The highest BCUT2D eigenvalue weighted by atomic mass is 32.1. The van der Waals surface area contributed by atoms with E-state index < -0.39 is 0 Å². The van der Waals surface area contributed by atoms with Crippen molar-refractivity contribution in [2.75, 3.05) is 18.4 Å². The monoisotopic (exact) mass is 434 g/mol. The van der Waals surface area contributed by atoms with Crippen LogP contribution >= 0.6 is 11.3 Å². The molecule has 1 amide bonds. The van der Waals surface area contributed by atoms with Crippen LogP contribution in [0, 0.1) is 5.92 Å². The van der Waals surface area contributed by atoms with E-state index in [1.807, 2.05) is 0 Å². The van der Waals surface area contributed by atoms with Gasteiger partial charge in [0.15, 0.2) is 5.76 Å². The summed E-state index contributed by atoms with van der Waals surface area (Å²) in [6, 6.07) is 14.5. The highest BCUT2D eigenvalue weighted by Crippen LogP contribution is 2.46. The van der Waals surface area contributed by atoms with Gasteiger partial charge in [0.05, 0.1) is 12.3 Å². The maximum atomic E-state index is 12.9. The fraction of sp³-hybridized carbons (Fsp3) is 0.423. The van der Waals surface area contributed by atoms with Gasteiger partial charge in [0.2, 0.25) is 0 Å². The Morgan fingerprint density at radius 3 is 2.61 bits per heavy atom. The third kappa shape index (κ3) is 4.21. The number of amides is 1. The molecule has 5 heteroatoms. The molecule has 3 aromatic rings. The third-order valence-corrected chi connectivity index (χ3v) is 7.98. The van der Waals surface area contributed by atoms with E-state index in [1.54, 1.807) is 29.7 Å². The fourth-order valence-corrected chi connectivity index (χ4v) is 6.34. The highest BCUT2D eigenvalue weighted by molar-refractivity contribution is 7.16. The summed E-state index contributed by atoms with van der Waals surface area (Å²) < 4.78 is 5.36. The predicted octanol–water partition coefficient (Wildman–Crippen LogP) is 6.29. The molecule has 1 N–H and O–H groups in total. The van der Waals surface area contributed by atoms with Crippen LogP contribution in [0.1, 0.15) is 70.8 Å². The molecule has 0 saturated carbocycles. The molecule has 5 rings (SSSR count). The lowest BCUT2D eigenvalue weighted by Gasteiger charge is -2.38. The van der Waals surface area contributed by atoms with Gasteiger partial charge in [-0.1, -0.05) is 37.3 Å². The summed E-state index contributed by atoms with van der Waals surface area (Å²) in [6.45, 7) is 4.55. The lowest BCUT2D eigenvalue weighted by atomic mass is 9.87. The SMILES string of the molecule is CC1CCN(C(c2ccccc2)c2c(NC(=O)c3ccco3)sc3c2CCCC3)CC1. The van der Waals surface area contributed by atoms with Gasteiger partial charge >= 0.3 is 0 Å². The number of fused-ring (bicyclic) bond motifs is 1. The van der Waals surface area contributed by atoms with Crippen LogP contribution in [0.15, 0.2) is 53.1 Å². The maximum Gasteiger partial charge on any atom is 0.291 e. The van der Waals surface area contributed by atoms with E-state index in [9.17, 15) is 4.79 Å². The number of benzene rings is 1. The number of rotatable bonds is 5. The Morgan fingerprint density at radius 2 is 1.87 bits per heavy atom. The lowest BCUT2D eigenvalue weighted by molar-refractivity contribution is 0.0996. The molecule has 31 heavy (non-hydrogen) atoms. The van der Waals surface area contributed by atoms with Gasteiger partial charge in [-0.25, -0.2) is 0 Å². The largest absolute Gasteiger partial charge is 0.459 e. The molecule has 1 aromatic carbocycles. The van der Waals surface area contributed by atoms with Crippen molar-refractivity contribution in [1.82, 2.24) is 4.90 Å². The van der Waals surface area contributed by atoms with Crippen LogP contribution < -0.4 is 5.32 Å². The first-order chi connectivity index (χ1) is 15.2. The van der Waals surface area contributed by atoms with Gasteiger partial charge in [0.1, 0.15) is 5.00 Å². The van der Waals surface area contributed by atoms with Crippen molar-refractivity contribution in [1.29, 1.82) is 0 Å². The van der Waals surface area contributed by atoms with Crippen LogP contribution in [0.5, 0.6) is 0 Å². The van der Waals surface area contributed by atoms with Crippen LogP contribution in [0.4, 0.5) is 5.00 Å².